The van der Waals surface area contributed by atoms with Gasteiger partial charge in [-0.3, -0.25) is 0 Å². The van der Waals surface area contributed by atoms with Crippen LogP contribution in [0.3, 0.4) is 0 Å². The molecule has 0 radical (unpaired) electrons. The molecule has 0 amide bonds. The van der Waals surface area contributed by atoms with E-state index in [4.69, 9.17) is 0 Å². The Morgan fingerprint density at radius 1 is 1.21 bits per heavy atom. The fraction of sp³-hybridized carbons (Fsp3) is 1.00. The van der Waals surface area contributed by atoms with Gasteiger partial charge in [-0.15, -0.1) is 0 Å². The van der Waals surface area contributed by atoms with E-state index in [0.717, 1.165) is 38.9 Å². The normalized spacial score (nSPS) is 27.2. The van der Waals surface area contributed by atoms with E-state index in [9.17, 15) is 8.42 Å². The Labute approximate surface area is 118 Å². The Morgan fingerprint density at radius 2 is 1.79 bits per heavy atom. The van der Waals surface area contributed by atoms with Crippen molar-refractivity contribution in [2.75, 3.05) is 25.4 Å². The van der Waals surface area contributed by atoms with E-state index in [1.807, 2.05) is 13.8 Å². The second-order valence-electron chi connectivity index (χ2n) is 7.42. The smallest absolute Gasteiger partial charge is 0.214 e. The molecule has 0 bridgehead atoms. The summed E-state index contributed by atoms with van der Waals surface area (Å²) in [7, 11) is -3.13. The molecule has 0 aromatic carbocycles. The Hall–Kier alpha value is -0.130. The highest BCUT2D eigenvalue weighted by Gasteiger charge is 2.52. The molecular formula is C14H28N2O2S. The van der Waals surface area contributed by atoms with Crippen molar-refractivity contribution in [1.82, 2.24) is 9.62 Å². The fourth-order valence-corrected chi connectivity index (χ4v) is 6.17. The molecule has 2 rings (SSSR count). The van der Waals surface area contributed by atoms with Crippen molar-refractivity contribution in [1.29, 1.82) is 0 Å². The van der Waals surface area contributed by atoms with Gasteiger partial charge in [0.2, 0.25) is 10.0 Å². The number of piperidine rings is 1. The molecule has 5 heteroatoms. The Balaban J connectivity index is 2.22. The van der Waals surface area contributed by atoms with Gasteiger partial charge in [-0.1, -0.05) is 13.8 Å². The van der Waals surface area contributed by atoms with Crippen LogP contribution in [0.5, 0.6) is 0 Å². The highest BCUT2D eigenvalue weighted by atomic mass is 32.2. The third kappa shape index (κ3) is 3.14. The SMILES string of the molecule is CC(C)CS(=O)(=O)N1CC2(CCNCC2)CC1(C)C. The van der Waals surface area contributed by atoms with Gasteiger partial charge in [-0.25, -0.2) is 8.42 Å². The molecule has 0 aromatic rings. The second kappa shape index (κ2) is 5.01. The summed E-state index contributed by atoms with van der Waals surface area (Å²) in [6.07, 6.45) is 3.20. The van der Waals surface area contributed by atoms with Gasteiger partial charge in [0.1, 0.15) is 0 Å². The zero-order valence-electron chi connectivity index (χ0n) is 12.7. The fourth-order valence-electron chi connectivity index (χ4n) is 3.86. The third-order valence-corrected chi connectivity index (χ3v) is 6.89. The topological polar surface area (TPSA) is 49.4 Å². The maximum Gasteiger partial charge on any atom is 0.214 e. The minimum Gasteiger partial charge on any atom is -0.317 e. The van der Waals surface area contributed by atoms with Crippen LogP contribution in [-0.4, -0.2) is 43.6 Å². The Kier molecular flexibility index (Phi) is 4.02. The van der Waals surface area contributed by atoms with Gasteiger partial charge >= 0.3 is 0 Å². The lowest BCUT2D eigenvalue weighted by molar-refractivity contribution is 0.215. The maximum absolute atomic E-state index is 12.6. The van der Waals surface area contributed by atoms with Crippen LogP contribution in [0.4, 0.5) is 0 Å². The molecule has 2 fully saturated rings. The number of nitrogens with zero attached hydrogens (tertiary/aromatic N) is 1. The van der Waals surface area contributed by atoms with Crippen molar-refractivity contribution in [2.24, 2.45) is 11.3 Å². The van der Waals surface area contributed by atoms with Crippen molar-refractivity contribution in [3.05, 3.63) is 0 Å². The minimum atomic E-state index is -3.13. The maximum atomic E-state index is 12.6. The molecule has 2 heterocycles. The van der Waals surface area contributed by atoms with Crippen LogP contribution in [0.2, 0.25) is 0 Å². The van der Waals surface area contributed by atoms with Crippen molar-refractivity contribution in [2.45, 2.75) is 52.5 Å². The van der Waals surface area contributed by atoms with E-state index in [1.165, 1.54) is 0 Å². The summed E-state index contributed by atoms with van der Waals surface area (Å²) >= 11 is 0. The first-order chi connectivity index (χ1) is 8.67. The van der Waals surface area contributed by atoms with Crippen LogP contribution in [0.1, 0.15) is 47.0 Å². The first-order valence-electron chi connectivity index (χ1n) is 7.38. The zero-order chi connectivity index (χ0) is 14.3. The molecule has 112 valence electrons. The predicted molar refractivity (Wildman–Crippen MR) is 78.6 cm³/mol. The number of nitrogens with one attached hydrogen (secondary N) is 1. The average molecular weight is 288 g/mol. The number of hydrogen-bond acceptors (Lipinski definition) is 3. The van der Waals surface area contributed by atoms with Crippen LogP contribution in [0.15, 0.2) is 0 Å². The van der Waals surface area contributed by atoms with E-state index in [-0.39, 0.29) is 22.6 Å². The molecule has 2 saturated heterocycles. The second-order valence-corrected chi connectivity index (χ2v) is 9.36. The highest BCUT2D eigenvalue weighted by Crippen LogP contribution is 2.48. The molecule has 0 aromatic heterocycles. The summed E-state index contributed by atoms with van der Waals surface area (Å²) in [6.45, 7) is 10.9. The lowest BCUT2D eigenvalue weighted by atomic mass is 9.75. The summed E-state index contributed by atoms with van der Waals surface area (Å²) in [5, 5.41) is 3.38. The van der Waals surface area contributed by atoms with Crippen LogP contribution < -0.4 is 5.32 Å². The lowest BCUT2D eigenvalue weighted by Crippen LogP contribution is -2.45. The van der Waals surface area contributed by atoms with E-state index in [1.54, 1.807) is 4.31 Å². The predicted octanol–water partition coefficient (Wildman–Crippen LogP) is 1.83. The summed E-state index contributed by atoms with van der Waals surface area (Å²) in [4.78, 5) is 0. The molecule has 4 nitrogen and oxygen atoms in total. The number of hydrogen-bond donors (Lipinski definition) is 1. The van der Waals surface area contributed by atoms with Gasteiger partial charge in [0.25, 0.3) is 0 Å². The Morgan fingerprint density at radius 3 is 2.32 bits per heavy atom. The van der Waals surface area contributed by atoms with Gasteiger partial charge in [0, 0.05) is 12.1 Å². The van der Waals surface area contributed by atoms with E-state index in [0.29, 0.717) is 0 Å². The molecule has 0 unspecified atom stereocenters. The molecule has 0 atom stereocenters. The summed E-state index contributed by atoms with van der Waals surface area (Å²) in [5.74, 6) is 0.454. The van der Waals surface area contributed by atoms with E-state index < -0.39 is 10.0 Å². The molecule has 0 saturated carbocycles. The molecule has 1 spiro atoms. The van der Waals surface area contributed by atoms with Crippen molar-refractivity contribution < 1.29 is 8.42 Å². The molecule has 2 aliphatic rings. The lowest BCUT2D eigenvalue weighted by Gasteiger charge is -2.33. The molecule has 1 N–H and O–H groups in total. The number of rotatable bonds is 3. The van der Waals surface area contributed by atoms with Gasteiger partial charge in [-0.2, -0.15) is 4.31 Å². The monoisotopic (exact) mass is 288 g/mol. The Bertz CT molecular complexity index is 423. The van der Waals surface area contributed by atoms with Gasteiger partial charge < -0.3 is 5.32 Å². The molecular weight excluding hydrogens is 260 g/mol. The summed E-state index contributed by atoms with van der Waals surface area (Å²) in [6, 6.07) is 0. The molecule has 0 aliphatic carbocycles. The van der Waals surface area contributed by atoms with E-state index in [2.05, 4.69) is 19.2 Å². The van der Waals surface area contributed by atoms with Gasteiger partial charge in [0.05, 0.1) is 5.75 Å². The van der Waals surface area contributed by atoms with Gasteiger partial charge in [-0.05, 0) is 57.5 Å². The first kappa shape index (κ1) is 15.3. The first-order valence-corrected chi connectivity index (χ1v) is 8.99. The summed E-state index contributed by atoms with van der Waals surface area (Å²) < 4.78 is 27.0. The minimum absolute atomic E-state index is 0.186. The van der Waals surface area contributed by atoms with Crippen LogP contribution >= 0.6 is 0 Å². The summed E-state index contributed by atoms with van der Waals surface area (Å²) in [5.41, 5.74) is -0.0239. The molecule has 19 heavy (non-hydrogen) atoms. The van der Waals surface area contributed by atoms with Crippen LogP contribution in [0, 0.1) is 11.3 Å². The van der Waals surface area contributed by atoms with E-state index >= 15 is 0 Å². The number of sulfonamides is 1. The zero-order valence-corrected chi connectivity index (χ0v) is 13.5. The largest absolute Gasteiger partial charge is 0.317 e. The standard InChI is InChI=1S/C14H28N2O2S/c1-12(2)9-19(17,18)16-11-14(10-13(16,3)4)5-7-15-8-6-14/h12,15H,5-11H2,1-4H3. The van der Waals surface area contributed by atoms with Crippen molar-refractivity contribution in [3.8, 4) is 0 Å². The highest BCUT2D eigenvalue weighted by molar-refractivity contribution is 7.89. The van der Waals surface area contributed by atoms with Crippen LogP contribution in [0.25, 0.3) is 0 Å². The van der Waals surface area contributed by atoms with Crippen molar-refractivity contribution in [3.63, 3.8) is 0 Å². The van der Waals surface area contributed by atoms with Crippen molar-refractivity contribution >= 4 is 10.0 Å². The quantitative estimate of drug-likeness (QED) is 0.862. The average Bonchev–Trinajstić information content (AvgIpc) is 2.50. The molecule has 2 aliphatic heterocycles. The van der Waals surface area contributed by atoms with Crippen LogP contribution in [-0.2, 0) is 10.0 Å². The third-order valence-electron chi connectivity index (χ3n) is 4.51. The van der Waals surface area contributed by atoms with Gasteiger partial charge in [0.15, 0.2) is 0 Å².